The molecule has 1 heterocycles. The summed E-state index contributed by atoms with van der Waals surface area (Å²) in [5.41, 5.74) is -0.646. The number of piperazine rings is 1. The van der Waals surface area contributed by atoms with E-state index >= 15 is 0 Å². The molecule has 1 amide bonds. The standard InChI is InChI=1S/C12H23N3O2/c1-15(9-12(17)4-2-3-5-12)11(16)10-8-13-6-7-14-10/h10,13-14,17H,2-9H2,1H3. The summed E-state index contributed by atoms with van der Waals surface area (Å²) in [5.74, 6) is 0.0810. The average Bonchev–Trinajstić information content (AvgIpc) is 2.76. The van der Waals surface area contributed by atoms with E-state index in [9.17, 15) is 9.90 Å². The van der Waals surface area contributed by atoms with Gasteiger partial charge in [-0.25, -0.2) is 0 Å². The first-order valence-electron chi connectivity index (χ1n) is 6.52. The van der Waals surface area contributed by atoms with Crippen LogP contribution in [-0.2, 0) is 4.79 Å². The van der Waals surface area contributed by atoms with Crippen LogP contribution in [0.25, 0.3) is 0 Å². The van der Waals surface area contributed by atoms with Crippen LogP contribution in [0.15, 0.2) is 0 Å². The Kier molecular flexibility index (Phi) is 4.01. The van der Waals surface area contributed by atoms with Crippen LogP contribution < -0.4 is 10.6 Å². The topological polar surface area (TPSA) is 64.6 Å². The van der Waals surface area contributed by atoms with E-state index in [1.807, 2.05) is 0 Å². The van der Waals surface area contributed by atoms with Crippen LogP contribution in [0.3, 0.4) is 0 Å². The molecule has 98 valence electrons. The molecule has 2 aliphatic rings. The number of carbonyl (C=O) groups is 1. The van der Waals surface area contributed by atoms with Crippen molar-refractivity contribution in [2.24, 2.45) is 0 Å². The molecule has 0 aromatic rings. The van der Waals surface area contributed by atoms with Crippen LogP contribution in [0, 0.1) is 0 Å². The van der Waals surface area contributed by atoms with Gasteiger partial charge in [0, 0.05) is 33.2 Å². The van der Waals surface area contributed by atoms with E-state index in [1.54, 1.807) is 11.9 Å². The predicted molar refractivity (Wildman–Crippen MR) is 65.7 cm³/mol. The number of amides is 1. The fraction of sp³-hybridized carbons (Fsp3) is 0.917. The van der Waals surface area contributed by atoms with E-state index in [0.29, 0.717) is 13.1 Å². The van der Waals surface area contributed by atoms with E-state index in [1.165, 1.54) is 0 Å². The summed E-state index contributed by atoms with van der Waals surface area (Å²) in [7, 11) is 1.79. The molecule has 0 bridgehead atoms. The second-order valence-corrected chi connectivity index (χ2v) is 5.34. The summed E-state index contributed by atoms with van der Waals surface area (Å²) in [5, 5.41) is 16.7. The van der Waals surface area contributed by atoms with Gasteiger partial charge in [0.15, 0.2) is 0 Å². The lowest BCUT2D eigenvalue weighted by Crippen LogP contribution is -2.57. The van der Waals surface area contributed by atoms with E-state index in [0.717, 1.165) is 38.8 Å². The number of hydrogen-bond acceptors (Lipinski definition) is 4. The summed E-state index contributed by atoms with van der Waals surface area (Å²) in [6, 6.07) is -0.140. The minimum absolute atomic E-state index is 0.0810. The lowest BCUT2D eigenvalue weighted by molar-refractivity contribution is -0.135. The molecule has 0 radical (unpaired) electrons. The van der Waals surface area contributed by atoms with Gasteiger partial charge in [0.05, 0.1) is 11.6 Å². The van der Waals surface area contributed by atoms with Crippen LogP contribution in [0.1, 0.15) is 25.7 Å². The predicted octanol–water partition coefficient (Wildman–Crippen LogP) is -0.689. The van der Waals surface area contributed by atoms with Crippen molar-refractivity contribution in [2.45, 2.75) is 37.3 Å². The quantitative estimate of drug-likeness (QED) is 0.612. The van der Waals surface area contributed by atoms with E-state index < -0.39 is 5.60 Å². The molecule has 2 rings (SSSR count). The largest absolute Gasteiger partial charge is 0.388 e. The summed E-state index contributed by atoms with van der Waals surface area (Å²) in [6.45, 7) is 2.89. The van der Waals surface area contributed by atoms with Crippen LogP contribution in [0.5, 0.6) is 0 Å². The van der Waals surface area contributed by atoms with Gasteiger partial charge in [0.25, 0.3) is 0 Å². The zero-order chi connectivity index (χ0) is 12.3. The smallest absolute Gasteiger partial charge is 0.240 e. The Bertz CT molecular complexity index is 271. The summed E-state index contributed by atoms with van der Waals surface area (Å²) in [6.07, 6.45) is 3.78. The Labute approximate surface area is 103 Å². The molecule has 3 N–H and O–H groups in total. The highest BCUT2D eigenvalue weighted by molar-refractivity contribution is 5.82. The minimum Gasteiger partial charge on any atom is -0.388 e. The number of likely N-dealkylation sites (N-methyl/N-ethyl adjacent to an activating group) is 1. The molecular weight excluding hydrogens is 218 g/mol. The lowest BCUT2D eigenvalue weighted by Gasteiger charge is -2.32. The van der Waals surface area contributed by atoms with Gasteiger partial charge in [-0.2, -0.15) is 0 Å². The third kappa shape index (κ3) is 3.18. The Morgan fingerprint density at radius 2 is 2.12 bits per heavy atom. The third-order valence-corrected chi connectivity index (χ3v) is 3.78. The highest BCUT2D eigenvalue weighted by Gasteiger charge is 2.34. The highest BCUT2D eigenvalue weighted by Crippen LogP contribution is 2.29. The van der Waals surface area contributed by atoms with Gasteiger partial charge >= 0.3 is 0 Å². The first-order valence-corrected chi connectivity index (χ1v) is 6.52. The molecule has 1 saturated heterocycles. The molecule has 17 heavy (non-hydrogen) atoms. The molecule has 1 saturated carbocycles. The fourth-order valence-corrected chi connectivity index (χ4v) is 2.80. The van der Waals surface area contributed by atoms with Gasteiger partial charge in [-0.3, -0.25) is 4.79 Å². The molecule has 0 aromatic carbocycles. The maximum absolute atomic E-state index is 12.1. The van der Waals surface area contributed by atoms with Crippen LogP contribution in [0.2, 0.25) is 0 Å². The normalized spacial score (nSPS) is 28.0. The van der Waals surface area contributed by atoms with Crippen LogP contribution in [0.4, 0.5) is 0 Å². The van der Waals surface area contributed by atoms with Gasteiger partial charge < -0.3 is 20.6 Å². The van der Waals surface area contributed by atoms with Crippen molar-refractivity contribution in [1.29, 1.82) is 0 Å². The third-order valence-electron chi connectivity index (χ3n) is 3.78. The molecule has 1 aliphatic heterocycles. The number of nitrogens with zero attached hydrogens (tertiary/aromatic N) is 1. The van der Waals surface area contributed by atoms with Crippen molar-refractivity contribution in [3.05, 3.63) is 0 Å². The van der Waals surface area contributed by atoms with Gasteiger partial charge in [0.1, 0.15) is 0 Å². The van der Waals surface area contributed by atoms with Gasteiger partial charge in [-0.15, -0.1) is 0 Å². The molecule has 1 atom stereocenters. The van der Waals surface area contributed by atoms with Crippen LogP contribution >= 0.6 is 0 Å². The molecule has 5 nitrogen and oxygen atoms in total. The van der Waals surface area contributed by atoms with E-state index in [4.69, 9.17) is 0 Å². The number of carbonyl (C=O) groups excluding carboxylic acids is 1. The molecular formula is C12H23N3O2. The fourth-order valence-electron chi connectivity index (χ4n) is 2.80. The molecule has 0 spiro atoms. The summed E-state index contributed by atoms with van der Waals surface area (Å²) < 4.78 is 0. The van der Waals surface area contributed by atoms with Crippen molar-refractivity contribution in [1.82, 2.24) is 15.5 Å². The molecule has 2 fully saturated rings. The van der Waals surface area contributed by atoms with Gasteiger partial charge in [0.2, 0.25) is 5.91 Å². The summed E-state index contributed by atoms with van der Waals surface area (Å²) >= 11 is 0. The lowest BCUT2D eigenvalue weighted by atomic mass is 10.0. The van der Waals surface area contributed by atoms with Gasteiger partial charge in [-0.05, 0) is 12.8 Å². The maximum atomic E-state index is 12.1. The van der Waals surface area contributed by atoms with Crippen molar-refractivity contribution >= 4 is 5.91 Å². The number of nitrogens with one attached hydrogen (secondary N) is 2. The zero-order valence-corrected chi connectivity index (χ0v) is 10.5. The van der Waals surface area contributed by atoms with Crippen molar-refractivity contribution in [3.63, 3.8) is 0 Å². The SMILES string of the molecule is CN(CC1(O)CCCC1)C(=O)C1CNCCN1. The Morgan fingerprint density at radius 3 is 2.71 bits per heavy atom. The van der Waals surface area contributed by atoms with E-state index in [2.05, 4.69) is 10.6 Å². The Hall–Kier alpha value is -0.650. The number of hydrogen-bond donors (Lipinski definition) is 3. The van der Waals surface area contributed by atoms with Crippen molar-refractivity contribution in [2.75, 3.05) is 33.2 Å². The Balaban J connectivity index is 1.85. The molecule has 0 aromatic heterocycles. The second-order valence-electron chi connectivity index (χ2n) is 5.34. The van der Waals surface area contributed by atoms with Crippen molar-refractivity contribution in [3.8, 4) is 0 Å². The number of aliphatic hydroxyl groups is 1. The first kappa shape index (κ1) is 12.8. The summed E-state index contributed by atoms with van der Waals surface area (Å²) in [4.78, 5) is 13.8. The molecule has 5 heteroatoms. The van der Waals surface area contributed by atoms with Gasteiger partial charge in [-0.1, -0.05) is 12.8 Å². The second kappa shape index (κ2) is 5.33. The maximum Gasteiger partial charge on any atom is 0.240 e. The monoisotopic (exact) mass is 241 g/mol. The Morgan fingerprint density at radius 1 is 1.41 bits per heavy atom. The molecule has 1 unspecified atom stereocenters. The van der Waals surface area contributed by atoms with E-state index in [-0.39, 0.29) is 11.9 Å². The number of rotatable bonds is 3. The average molecular weight is 241 g/mol. The zero-order valence-electron chi connectivity index (χ0n) is 10.5. The minimum atomic E-state index is -0.646. The van der Waals surface area contributed by atoms with Crippen molar-refractivity contribution < 1.29 is 9.90 Å². The van der Waals surface area contributed by atoms with Crippen LogP contribution in [-0.4, -0.2) is 60.8 Å². The highest BCUT2D eigenvalue weighted by atomic mass is 16.3. The first-order chi connectivity index (χ1) is 8.11. The molecule has 1 aliphatic carbocycles.